The summed E-state index contributed by atoms with van der Waals surface area (Å²) >= 11 is 0. The summed E-state index contributed by atoms with van der Waals surface area (Å²) in [7, 11) is 3.25. The topological polar surface area (TPSA) is 124 Å². The van der Waals surface area contributed by atoms with Crippen molar-refractivity contribution in [2.75, 3.05) is 14.2 Å². The molecule has 0 saturated heterocycles. The van der Waals surface area contributed by atoms with Gasteiger partial charge < -0.3 is 24.7 Å². The Morgan fingerprint density at radius 3 is 0.569 bits per heavy atom. The number of aromatic amines is 4. The third-order valence-corrected chi connectivity index (χ3v) is 8.08. The van der Waals surface area contributed by atoms with Crippen LogP contribution >= 0.6 is 0 Å². The molecule has 10 heterocycles. The van der Waals surface area contributed by atoms with Crippen LogP contribution in [0, 0.1) is 0 Å². The van der Waals surface area contributed by atoms with Crippen molar-refractivity contribution in [1.82, 2.24) is 39.9 Å². The summed E-state index contributed by atoms with van der Waals surface area (Å²) in [5.41, 5.74) is 15.7. The lowest BCUT2D eigenvalue weighted by Crippen LogP contribution is -1.75. The first-order valence-electron chi connectivity index (χ1n) is 16.5. The Bertz CT molecular complexity index is 2180. The lowest BCUT2D eigenvalue weighted by Gasteiger charge is -1.85. The van der Waals surface area contributed by atoms with Crippen molar-refractivity contribution in [3.8, 4) is 0 Å². The van der Waals surface area contributed by atoms with E-state index in [9.17, 15) is 0 Å². The third-order valence-electron chi connectivity index (χ3n) is 8.08. The number of nitrogens with zero attached hydrogens (tertiary/aromatic N) is 4. The minimum atomic E-state index is 0.939. The maximum Gasteiger partial charge on any atom is 0.0658 e. The summed E-state index contributed by atoms with van der Waals surface area (Å²) in [5.74, 6) is 0. The molecular formula is C42H34N8O. The number of H-pyrrole nitrogens is 4. The molecule has 0 spiro atoms. The number of aromatic nitrogens is 8. The Hall–Kier alpha value is -6.84. The smallest absolute Gasteiger partial charge is 0.0658 e. The molecule has 6 aromatic heterocycles. The van der Waals surface area contributed by atoms with E-state index < -0.39 is 0 Å². The van der Waals surface area contributed by atoms with E-state index in [0.29, 0.717) is 0 Å². The average Bonchev–Trinajstić information content (AvgIpc) is 3.95. The van der Waals surface area contributed by atoms with E-state index >= 15 is 0 Å². The molecule has 0 aromatic carbocycles. The second-order valence-electron chi connectivity index (χ2n) is 12.2. The van der Waals surface area contributed by atoms with E-state index in [1.54, 1.807) is 14.2 Å². The summed E-state index contributed by atoms with van der Waals surface area (Å²) in [6, 6.07) is 32.7. The zero-order valence-corrected chi connectivity index (χ0v) is 28.1. The predicted octanol–water partition coefficient (Wildman–Crippen LogP) is 9.57. The van der Waals surface area contributed by atoms with Crippen LogP contribution in [0.2, 0.25) is 0 Å². The summed E-state index contributed by atoms with van der Waals surface area (Å²) in [5, 5.41) is 0. The van der Waals surface area contributed by atoms with E-state index in [0.717, 1.165) is 89.7 Å². The van der Waals surface area contributed by atoms with Crippen LogP contribution < -0.4 is 0 Å². The van der Waals surface area contributed by atoms with Crippen LogP contribution in [-0.4, -0.2) is 54.1 Å². The Morgan fingerprint density at radius 1 is 0.294 bits per heavy atom. The molecule has 9 heteroatoms. The lowest BCUT2D eigenvalue weighted by atomic mass is 10.3. The van der Waals surface area contributed by atoms with Crippen molar-refractivity contribution in [2.24, 2.45) is 0 Å². The van der Waals surface area contributed by atoms with Gasteiger partial charge >= 0.3 is 0 Å². The highest BCUT2D eigenvalue weighted by atomic mass is 16.4. The van der Waals surface area contributed by atoms with Gasteiger partial charge in [-0.3, -0.25) is 0 Å². The van der Waals surface area contributed by atoms with Gasteiger partial charge in [0.2, 0.25) is 0 Å². The van der Waals surface area contributed by atoms with Crippen LogP contribution in [0.1, 0.15) is 45.6 Å². The van der Waals surface area contributed by atoms with E-state index in [1.807, 2.05) is 97.1 Å². The van der Waals surface area contributed by atoms with Crippen molar-refractivity contribution < 1.29 is 4.74 Å². The fourth-order valence-electron chi connectivity index (χ4n) is 5.89. The van der Waals surface area contributed by atoms with Crippen LogP contribution in [-0.2, 0) is 4.74 Å². The largest absolute Gasteiger partial charge is 0.388 e. The van der Waals surface area contributed by atoms with Crippen molar-refractivity contribution in [1.29, 1.82) is 0 Å². The molecule has 10 rings (SSSR count). The summed E-state index contributed by atoms with van der Waals surface area (Å²) < 4.78 is 4.25. The fourth-order valence-corrected chi connectivity index (χ4v) is 5.89. The molecule has 0 aliphatic carbocycles. The normalized spacial score (nSPS) is 12.3. The summed E-state index contributed by atoms with van der Waals surface area (Å²) in [6.45, 7) is 0. The second kappa shape index (κ2) is 13.9. The van der Waals surface area contributed by atoms with Crippen molar-refractivity contribution in [3.05, 3.63) is 143 Å². The van der Waals surface area contributed by atoms with Gasteiger partial charge in [-0.05, 0) is 146 Å². The molecule has 6 aromatic rings. The molecule has 0 saturated carbocycles. The molecule has 248 valence electrons. The maximum absolute atomic E-state index is 4.63. The average molecular weight is 667 g/mol. The molecule has 16 bridgehead atoms. The number of methoxy groups -OCH3 is 1. The van der Waals surface area contributed by atoms with E-state index in [4.69, 9.17) is 0 Å². The first-order chi connectivity index (χ1) is 25.0. The van der Waals surface area contributed by atoms with Crippen LogP contribution in [0.4, 0.5) is 0 Å². The highest BCUT2D eigenvalue weighted by molar-refractivity contribution is 5.79. The molecular weight excluding hydrogens is 633 g/mol. The van der Waals surface area contributed by atoms with E-state index in [-0.39, 0.29) is 0 Å². The van der Waals surface area contributed by atoms with Gasteiger partial charge in [0.15, 0.2) is 0 Å². The molecule has 0 unspecified atom stereocenters. The number of hydrogen-bond donors (Lipinski definition) is 4. The van der Waals surface area contributed by atoms with Crippen LogP contribution in [0.5, 0.6) is 0 Å². The number of rotatable bonds is 0. The molecule has 0 amide bonds. The quantitative estimate of drug-likeness (QED) is 0.128. The van der Waals surface area contributed by atoms with Gasteiger partial charge in [0.05, 0.1) is 45.6 Å². The van der Waals surface area contributed by atoms with Crippen molar-refractivity contribution in [3.63, 3.8) is 0 Å². The van der Waals surface area contributed by atoms with Gasteiger partial charge in [0, 0.05) is 58.4 Å². The molecule has 4 N–H and O–H groups in total. The van der Waals surface area contributed by atoms with Crippen LogP contribution in [0.3, 0.4) is 0 Å². The number of nitrogens with one attached hydrogen (secondary N) is 4. The highest BCUT2D eigenvalue weighted by Crippen LogP contribution is 2.19. The van der Waals surface area contributed by atoms with Gasteiger partial charge in [0.1, 0.15) is 0 Å². The Balaban J connectivity index is 0.000000136. The number of ether oxygens (including phenoxy) is 1. The molecule has 4 aliphatic heterocycles. The van der Waals surface area contributed by atoms with Crippen LogP contribution in [0.25, 0.3) is 92.7 Å². The van der Waals surface area contributed by atoms with Crippen molar-refractivity contribution in [2.45, 2.75) is 0 Å². The summed E-state index contributed by atoms with van der Waals surface area (Å²) in [4.78, 5) is 32.0. The zero-order chi connectivity index (χ0) is 34.6. The minimum absolute atomic E-state index is 0.939. The van der Waals surface area contributed by atoms with Gasteiger partial charge in [-0.1, -0.05) is 0 Å². The SMILES string of the molecule is C1=Cc2cc3ccc(cc4nc(cc5ccc(cc1n2)[nH]5)C=C4)[nH]3.C1=Cc2cc3ccc(cc4nc(cc5ccc(cc1n2)[nH]5)C=C4)[nH]3.COC. The first-order valence-corrected chi connectivity index (χ1v) is 16.5. The van der Waals surface area contributed by atoms with Gasteiger partial charge in [-0.15, -0.1) is 0 Å². The second-order valence-corrected chi connectivity index (χ2v) is 12.2. The number of hydrogen-bond acceptors (Lipinski definition) is 5. The Labute approximate surface area is 293 Å². The van der Waals surface area contributed by atoms with E-state index in [2.05, 4.69) is 93.1 Å². The number of fused-ring (bicyclic) bond motifs is 16. The monoisotopic (exact) mass is 666 g/mol. The molecule has 4 aliphatic rings. The zero-order valence-electron chi connectivity index (χ0n) is 28.1. The predicted molar refractivity (Wildman–Crippen MR) is 211 cm³/mol. The molecule has 0 radical (unpaired) electrons. The standard InChI is InChI=1S/2C20H14N4.C2H6O/c2*1-2-14-10-16-5-6-18(23-16)12-20-8-7-19(24-20)11-17-4-3-15(22-17)9-13(1)21-14;1-3-2/h2*1-12,21,24H;1-2H3. The molecule has 0 fully saturated rings. The lowest BCUT2D eigenvalue weighted by molar-refractivity contribution is 0.277. The molecule has 9 nitrogen and oxygen atoms in total. The highest BCUT2D eigenvalue weighted by Gasteiger charge is 2.03. The minimum Gasteiger partial charge on any atom is -0.388 e. The van der Waals surface area contributed by atoms with Crippen molar-refractivity contribution >= 4 is 92.7 Å². The molecule has 51 heavy (non-hydrogen) atoms. The third kappa shape index (κ3) is 7.75. The Kier molecular flexibility index (Phi) is 8.60. The van der Waals surface area contributed by atoms with E-state index in [1.165, 1.54) is 0 Å². The maximum atomic E-state index is 4.63. The molecule has 0 atom stereocenters. The van der Waals surface area contributed by atoms with Gasteiger partial charge in [-0.25, -0.2) is 19.9 Å². The fraction of sp³-hybridized carbons (Fsp3) is 0.0476. The van der Waals surface area contributed by atoms with Gasteiger partial charge in [-0.2, -0.15) is 0 Å². The Morgan fingerprint density at radius 2 is 0.431 bits per heavy atom. The van der Waals surface area contributed by atoms with Crippen LogP contribution in [0.15, 0.2) is 97.1 Å². The summed E-state index contributed by atoms with van der Waals surface area (Å²) in [6.07, 6.45) is 16.2. The van der Waals surface area contributed by atoms with Gasteiger partial charge in [0.25, 0.3) is 0 Å². The first kappa shape index (κ1) is 31.4.